The molecule has 148 valence electrons. The van der Waals surface area contributed by atoms with Crippen LogP contribution in [0.5, 0.6) is 0 Å². The molecule has 1 unspecified atom stereocenters. The first-order valence-electron chi connectivity index (χ1n) is 9.04. The molecule has 3 rings (SSSR count). The first kappa shape index (κ1) is 20.2. The zero-order valence-electron chi connectivity index (χ0n) is 15.8. The van der Waals surface area contributed by atoms with Gasteiger partial charge in [0, 0.05) is 19.7 Å². The van der Waals surface area contributed by atoms with Gasteiger partial charge >= 0.3 is 0 Å². The van der Waals surface area contributed by atoms with Crippen molar-refractivity contribution < 1.29 is 17.9 Å². The molecule has 0 N–H and O–H groups in total. The third-order valence-electron chi connectivity index (χ3n) is 4.62. The van der Waals surface area contributed by atoms with Gasteiger partial charge in [-0.25, -0.2) is 8.42 Å². The van der Waals surface area contributed by atoms with Crippen molar-refractivity contribution in [3.8, 4) is 0 Å². The summed E-state index contributed by atoms with van der Waals surface area (Å²) in [6.45, 7) is 6.07. The quantitative estimate of drug-likeness (QED) is 0.680. The molecule has 1 fully saturated rings. The Kier molecular flexibility index (Phi) is 6.15. The maximum absolute atomic E-state index is 12.8. The lowest BCUT2D eigenvalue weighted by Gasteiger charge is -2.18. The highest BCUT2D eigenvalue weighted by atomic mass is 32.2. The number of aryl methyl sites for hydroxylation is 1. The van der Waals surface area contributed by atoms with Crippen LogP contribution in [0.25, 0.3) is 10.2 Å². The van der Waals surface area contributed by atoms with Crippen molar-refractivity contribution in [3.63, 3.8) is 0 Å². The fourth-order valence-electron chi connectivity index (χ4n) is 3.33. The number of ether oxygens (including phenoxy) is 1. The van der Waals surface area contributed by atoms with E-state index in [1.807, 2.05) is 30.5 Å². The number of amides is 1. The minimum Gasteiger partial charge on any atom is -0.380 e. The molecule has 0 spiro atoms. The Labute approximate surface area is 163 Å². The predicted molar refractivity (Wildman–Crippen MR) is 106 cm³/mol. The van der Waals surface area contributed by atoms with Crippen LogP contribution in [-0.4, -0.2) is 55.3 Å². The van der Waals surface area contributed by atoms with E-state index in [1.165, 1.54) is 15.6 Å². The first-order chi connectivity index (χ1) is 12.8. The summed E-state index contributed by atoms with van der Waals surface area (Å²) in [5, 5.41) is 0. The van der Waals surface area contributed by atoms with Crippen LogP contribution in [0, 0.1) is 6.92 Å². The maximum Gasteiger partial charge on any atom is 0.266 e. The number of hydrogen-bond acceptors (Lipinski definition) is 5. The molecule has 1 aromatic heterocycles. The number of hydrogen-bond donors (Lipinski definition) is 0. The van der Waals surface area contributed by atoms with Crippen molar-refractivity contribution in [1.82, 2.24) is 8.87 Å². The van der Waals surface area contributed by atoms with E-state index in [-0.39, 0.29) is 0 Å². The molecular formula is C18H25N3O4S2. The molecule has 9 heteroatoms. The van der Waals surface area contributed by atoms with Gasteiger partial charge in [-0.15, -0.1) is 0 Å². The minimum absolute atomic E-state index is 0.376. The summed E-state index contributed by atoms with van der Waals surface area (Å²) in [5.74, 6) is -0.397. The Morgan fingerprint density at radius 2 is 2.19 bits per heavy atom. The van der Waals surface area contributed by atoms with Gasteiger partial charge in [0.15, 0.2) is 4.80 Å². The van der Waals surface area contributed by atoms with Crippen LogP contribution >= 0.6 is 11.3 Å². The average molecular weight is 412 g/mol. The molecule has 0 radical (unpaired) electrons. The summed E-state index contributed by atoms with van der Waals surface area (Å²) >= 11 is 1.44. The lowest BCUT2D eigenvalue weighted by Crippen LogP contribution is -2.40. The Balaban J connectivity index is 2.01. The van der Waals surface area contributed by atoms with Crippen molar-refractivity contribution in [3.05, 3.63) is 28.6 Å². The summed E-state index contributed by atoms with van der Waals surface area (Å²) in [7, 11) is -3.42. The van der Waals surface area contributed by atoms with Gasteiger partial charge in [-0.2, -0.15) is 9.30 Å². The summed E-state index contributed by atoms with van der Waals surface area (Å²) in [4.78, 5) is 17.7. The highest BCUT2D eigenvalue weighted by Gasteiger charge is 2.36. The number of sulfonamides is 1. The van der Waals surface area contributed by atoms with E-state index in [0.29, 0.717) is 43.9 Å². The molecule has 0 saturated carbocycles. The van der Waals surface area contributed by atoms with Crippen molar-refractivity contribution in [1.29, 1.82) is 0 Å². The zero-order chi connectivity index (χ0) is 19.6. The van der Waals surface area contributed by atoms with Crippen LogP contribution in [0.3, 0.4) is 0 Å². The summed E-state index contributed by atoms with van der Waals surface area (Å²) in [6.07, 6.45) is 2.33. The Hall–Kier alpha value is -1.55. The molecule has 1 aromatic carbocycles. The normalized spacial score (nSPS) is 19.2. The second-order valence-corrected chi connectivity index (χ2v) is 9.63. The van der Waals surface area contributed by atoms with Gasteiger partial charge in [0.05, 0.1) is 23.1 Å². The lowest BCUT2D eigenvalue weighted by atomic mass is 10.2. The van der Waals surface area contributed by atoms with Gasteiger partial charge in [-0.05, 0) is 44.4 Å². The second-order valence-electron chi connectivity index (χ2n) is 6.69. The van der Waals surface area contributed by atoms with Crippen molar-refractivity contribution >= 4 is 37.5 Å². The van der Waals surface area contributed by atoms with Crippen molar-refractivity contribution in [2.24, 2.45) is 4.99 Å². The van der Waals surface area contributed by atoms with E-state index in [0.717, 1.165) is 22.0 Å². The fraction of sp³-hybridized carbons (Fsp3) is 0.556. The van der Waals surface area contributed by atoms with E-state index in [9.17, 15) is 13.2 Å². The number of benzene rings is 1. The zero-order valence-corrected chi connectivity index (χ0v) is 17.5. The smallest absolute Gasteiger partial charge is 0.266 e. The number of thiazole rings is 1. The van der Waals surface area contributed by atoms with Gasteiger partial charge in [-0.3, -0.25) is 4.79 Å². The van der Waals surface area contributed by atoms with Gasteiger partial charge in [0.2, 0.25) is 10.0 Å². The molecule has 2 aromatic rings. The number of carbonyl (C=O) groups excluding carboxylic acids is 1. The predicted octanol–water partition coefficient (Wildman–Crippen LogP) is 1.90. The maximum atomic E-state index is 12.8. The molecule has 0 bridgehead atoms. The molecule has 7 nitrogen and oxygen atoms in total. The van der Waals surface area contributed by atoms with Crippen LogP contribution in [-0.2, 0) is 26.1 Å². The number of carbonyl (C=O) groups is 1. The van der Waals surface area contributed by atoms with Crippen LogP contribution in [0.4, 0.5) is 0 Å². The molecule has 1 saturated heterocycles. The van der Waals surface area contributed by atoms with Gasteiger partial charge in [0.1, 0.15) is 6.04 Å². The highest BCUT2D eigenvalue weighted by molar-refractivity contribution is 7.88. The summed E-state index contributed by atoms with van der Waals surface area (Å²) < 4.78 is 33.6. The van der Waals surface area contributed by atoms with E-state index in [4.69, 9.17) is 4.74 Å². The Bertz CT molecular complexity index is 1010. The molecule has 2 heterocycles. The standard InChI is InChI=1S/C18H25N3O4S2/c1-4-25-11-10-20-14-8-7-13(2)12-16(14)26-18(20)19-17(22)15-6-5-9-21(15)27(3,23)24/h7-8,12,15H,4-6,9-11H2,1-3H3. The lowest BCUT2D eigenvalue weighted by molar-refractivity contribution is -0.121. The van der Waals surface area contributed by atoms with Gasteiger partial charge in [0.25, 0.3) is 5.91 Å². The van der Waals surface area contributed by atoms with Crippen molar-refractivity contribution in [2.75, 3.05) is 26.0 Å². The molecular weight excluding hydrogens is 386 g/mol. The molecule has 27 heavy (non-hydrogen) atoms. The highest BCUT2D eigenvalue weighted by Crippen LogP contribution is 2.22. The third kappa shape index (κ3) is 4.48. The minimum atomic E-state index is -3.42. The monoisotopic (exact) mass is 411 g/mol. The number of rotatable bonds is 6. The van der Waals surface area contributed by atoms with Crippen LogP contribution in [0.1, 0.15) is 25.3 Å². The van der Waals surface area contributed by atoms with Gasteiger partial charge in [-0.1, -0.05) is 17.4 Å². The van der Waals surface area contributed by atoms with E-state index in [2.05, 4.69) is 11.1 Å². The Morgan fingerprint density at radius 3 is 2.89 bits per heavy atom. The first-order valence-corrected chi connectivity index (χ1v) is 11.7. The van der Waals surface area contributed by atoms with Crippen LogP contribution < -0.4 is 4.80 Å². The van der Waals surface area contributed by atoms with Gasteiger partial charge < -0.3 is 9.30 Å². The van der Waals surface area contributed by atoms with Crippen LogP contribution in [0.15, 0.2) is 23.2 Å². The number of fused-ring (bicyclic) bond motifs is 1. The molecule has 1 aliphatic rings. The Morgan fingerprint density at radius 1 is 1.41 bits per heavy atom. The number of aromatic nitrogens is 1. The topological polar surface area (TPSA) is 81.0 Å². The van der Waals surface area contributed by atoms with Crippen molar-refractivity contribution in [2.45, 2.75) is 39.3 Å². The SMILES string of the molecule is CCOCCn1c(=NC(=O)C2CCCN2S(C)(=O)=O)sc2cc(C)ccc21. The van der Waals surface area contributed by atoms with E-state index >= 15 is 0 Å². The molecule has 0 aliphatic carbocycles. The summed E-state index contributed by atoms with van der Waals surface area (Å²) in [5.41, 5.74) is 2.14. The molecule has 1 amide bonds. The third-order valence-corrected chi connectivity index (χ3v) is 6.95. The largest absolute Gasteiger partial charge is 0.380 e. The fourth-order valence-corrected chi connectivity index (χ4v) is 5.61. The van der Waals surface area contributed by atoms with E-state index in [1.54, 1.807) is 0 Å². The second kappa shape index (κ2) is 8.22. The molecule has 1 aliphatic heterocycles. The number of nitrogens with zero attached hydrogens (tertiary/aromatic N) is 3. The average Bonchev–Trinajstić information content (AvgIpc) is 3.20. The summed E-state index contributed by atoms with van der Waals surface area (Å²) in [6, 6.07) is 5.42. The molecule has 1 atom stereocenters. The van der Waals surface area contributed by atoms with Crippen LogP contribution in [0.2, 0.25) is 0 Å². The van der Waals surface area contributed by atoms with E-state index < -0.39 is 22.0 Å².